The number of nitrogens with one attached hydrogen (secondary N) is 1. The van der Waals surface area contributed by atoms with Crippen molar-refractivity contribution >= 4 is 10.0 Å². The standard InChI is InChI=1S/C13H24N4O2S/c1-3-17(4-2)9-5-8-16-20(18,19)13-7-6-12(10-14)11-15-13/h6-7,11,16H,3-5,8-10,14H2,1-2H3. The summed E-state index contributed by atoms with van der Waals surface area (Å²) in [5.74, 6) is 0. The van der Waals surface area contributed by atoms with Gasteiger partial charge in [-0.1, -0.05) is 19.9 Å². The van der Waals surface area contributed by atoms with Crippen LogP contribution >= 0.6 is 0 Å². The zero-order valence-corrected chi connectivity index (χ0v) is 13.0. The molecule has 0 aliphatic heterocycles. The summed E-state index contributed by atoms with van der Waals surface area (Å²) in [6.45, 7) is 7.79. The predicted octanol–water partition coefficient (Wildman–Crippen LogP) is 0.551. The van der Waals surface area contributed by atoms with Crippen LogP contribution in [0.2, 0.25) is 0 Å². The molecular weight excluding hydrogens is 276 g/mol. The molecule has 0 radical (unpaired) electrons. The van der Waals surface area contributed by atoms with E-state index >= 15 is 0 Å². The molecule has 0 unspecified atom stereocenters. The van der Waals surface area contributed by atoms with Gasteiger partial charge in [0.25, 0.3) is 10.0 Å². The maximum atomic E-state index is 12.0. The molecule has 0 aliphatic carbocycles. The molecule has 0 aliphatic rings. The molecule has 1 aromatic heterocycles. The summed E-state index contributed by atoms with van der Waals surface area (Å²) < 4.78 is 26.6. The molecule has 1 aromatic rings. The fourth-order valence-corrected chi connectivity index (χ4v) is 2.81. The Kier molecular flexibility index (Phi) is 7.08. The second kappa shape index (κ2) is 8.31. The summed E-state index contributed by atoms with van der Waals surface area (Å²) in [4.78, 5) is 6.18. The first-order chi connectivity index (χ1) is 9.53. The van der Waals surface area contributed by atoms with Crippen LogP contribution < -0.4 is 10.5 Å². The highest BCUT2D eigenvalue weighted by Gasteiger charge is 2.14. The minimum absolute atomic E-state index is 0.0394. The molecule has 0 atom stereocenters. The van der Waals surface area contributed by atoms with E-state index < -0.39 is 10.0 Å². The van der Waals surface area contributed by atoms with Crippen LogP contribution in [0, 0.1) is 0 Å². The molecule has 0 saturated carbocycles. The van der Waals surface area contributed by atoms with Crippen LogP contribution in [0.1, 0.15) is 25.8 Å². The summed E-state index contributed by atoms with van der Waals surface area (Å²) >= 11 is 0. The fraction of sp³-hybridized carbons (Fsp3) is 0.615. The third-order valence-electron chi connectivity index (χ3n) is 3.15. The van der Waals surface area contributed by atoms with E-state index in [1.54, 1.807) is 6.07 Å². The lowest BCUT2D eigenvalue weighted by atomic mass is 10.3. The maximum absolute atomic E-state index is 12.0. The molecule has 0 spiro atoms. The Bertz CT molecular complexity index is 484. The largest absolute Gasteiger partial charge is 0.326 e. The zero-order chi connectivity index (χ0) is 15.0. The fourth-order valence-electron chi connectivity index (χ4n) is 1.81. The van der Waals surface area contributed by atoms with Gasteiger partial charge in [-0.2, -0.15) is 0 Å². The molecule has 114 valence electrons. The van der Waals surface area contributed by atoms with Gasteiger partial charge >= 0.3 is 0 Å². The first kappa shape index (κ1) is 17.0. The number of aromatic nitrogens is 1. The van der Waals surface area contributed by atoms with Crippen molar-refractivity contribution in [3.8, 4) is 0 Å². The van der Waals surface area contributed by atoms with Gasteiger partial charge in [0, 0.05) is 19.3 Å². The lowest BCUT2D eigenvalue weighted by Gasteiger charge is -2.17. The molecule has 20 heavy (non-hydrogen) atoms. The van der Waals surface area contributed by atoms with Gasteiger partial charge in [0.1, 0.15) is 0 Å². The van der Waals surface area contributed by atoms with Crippen molar-refractivity contribution in [1.82, 2.24) is 14.6 Å². The number of hydrogen-bond acceptors (Lipinski definition) is 5. The molecule has 1 heterocycles. The van der Waals surface area contributed by atoms with Crippen molar-refractivity contribution in [3.63, 3.8) is 0 Å². The predicted molar refractivity (Wildman–Crippen MR) is 79.7 cm³/mol. The van der Waals surface area contributed by atoms with E-state index in [1.165, 1.54) is 12.3 Å². The van der Waals surface area contributed by atoms with Crippen LogP contribution in [-0.2, 0) is 16.6 Å². The van der Waals surface area contributed by atoms with Gasteiger partial charge < -0.3 is 10.6 Å². The summed E-state index contributed by atoms with van der Waals surface area (Å²) in [5, 5.41) is 0.0394. The summed E-state index contributed by atoms with van der Waals surface area (Å²) in [6.07, 6.45) is 2.27. The van der Waals surface area contributed by atoms with E-state index in [0.29, 0.717) is 13.1 Å². The highest BCUT2D eigenvalue weighted by atomic mass is 32.2. The maximum Gasteiger partial charge on any atom is 0.258 e. The lowest BCUT2D eigenvalue weighted by molar-refractivity contribution is 0.300. The van der Waals surface area contributed by atoms with Gasteiger partial charge in [0.15, 0.2) is 5.03 Å². The SMILES string of the molecule is CCN(CC)CCCNS(=O)(=O)c1ccc(CN)cn1. The van der Waals surface area contributed by atoms with Gasteiger partial charge in [0.05, 0.1) is 0 Å². The van der Waals surface area contributed by atoms with Gasteiger partial charge in [0.2, 0.25) is 0 Å². The van der Waals surface area contributed by atoms with E-state index in [-0.39, 0.29) is 5.03 Å². The minimum atomic E-state index is -3.52. The Morgan fingerprint density at radius 2 is 2.00 bits per heavy atom. The van der Waals surface area contributed by atoms with Crippen molar-refractivity contribution in [2.75, 3.05) is 26.2 Å². The highest BCUT2D eigenvalue weighted by molar-refractivity contribution is 7.89. The summed E-state index contributed by atoms with van der Waals surface area (Å²) in [7, 11) is -3.52. The molecule has 3 N–H and O–H groups in total. The highest BCUT2D eigenvalue weighted by Crippen LogP contribution is 2.06. The Balaban J connectivity index is 2.48. The summed E-state index contributed by atoms with van der Waals surface area (Å²) in [6, 6.07) is 3.16. The van der Waals surface area contributed by atoms with Crippen molar-refractivity contribution in [3.05, 3.63) is 23.9 Å². The van der Waals surface area contributed by atoms with E-state index in [1.807, 2.05) is 0 Å². The number of pyridine rings is 1. The van der Waals surface area contributed by atoms with Gasteiger partial charge in [-0.3, -0.25) is 0 Å². The smallest absolute Gasteiger partial charge is 0.258 e. The molecule has 7 heteroatoms. The Hall–Kier alpha value is -1.02. The Labute approximate surface area is 121 Å². The third kappa shape index (κ3) is 5.16. The molecular formula is C13H24N4O2S. The zero-order valence-electron chi connectivity index (χ0n) is 12.2. The first-order valence-corrected chi connectivity index (χ1v) is 8.38. The second-order valence-electron chi connectivity index (χ2n) is 4.49. The monoisotopic (exact) mass is 300 g/mol. The van der Waals surface area contributed by atoms with Gasteiger partial charge in [-0.15, -0.1) is 0 Å². The average Bonchev–Trinajstić information content (AvgIpc) is 2.47. The van der Waals surface area contributed by atoms with E-state index in [2.05, 4.69) is 28.5 Å². The summed E-state index contributed by atoms with van der Waals surface area (Å²) in [5.41, 5.74) is 6.26. The van der Waals surface area contributed by atoms with Crippen molar-refractivity contribution < 1.29 is 8.42 Å². The van der Waals surface area contributed by atoms with Crippen LogP contribution in [0.15, 0.2) is 23.4 Å². The van der Waals surface area contributed by atoms with Crippen molar-refractivity contribution in [1.29, 1.82) is 0 Å². The lowest BCUT2D eigenvalue weighted by Crippen LogP contribution is -2.30. The number of rotatable bonds is 9. The minimum Gasteiger partial charge on any atom is -0.326 e. The normalized spacial score (nSPS) is 12.0. The van der Waals surface area contributed by atoms with Crippen LogP contribution in [0.5, 0.6) is 0 Å². The number of hydrogen-bond donors (Lipinski definition) is 2. The molecule has 6 nitrogen and oxygen atoms in total. The molecule has 1 rings (SSSR count). The number of sulfonamides is 1. The molecule has 0 aromatic carbocycles. The van der Waals surface area contributed by atoms with E-state index in [9.17, 15) is 8.42 Å². The number of nitrogens with zero attached hydrogens (tertiary/aromatic N) is 2. The first-order valence-electron chi connectivity index (χ1n) is 6.90. The molecule has 0 saturated heterocycles. The average molecular weight is 300 g/mol. The van der Waals surface area contributed by atoms with E-state index in [0.717, 1.165) is 31.6 Å². The van der Waals surface area contributed by atoms with Gasteiger partial charge in [-0.05, 0) is 37.7 Å². The topological polar surface area (TPSA) is 88.3 Å². The van der Waals surface area contributed by atoms with Crippen LogP contribution in [0.3, 0.4) is 0 Å². The third-order valence-corrected chi connectivity index (χ3v) is 4.52. The van der Waals surface area contributed by atoms with Crippen molar-refractivity contribution in [2.45, 2.75) is 31.8 Å². The van der Waals surface area contributed by atoms with Gasteiger partial charge in [-0.25, -0.2) is 18.1 Å². The number of nitrogens with two attached hydrogens (primary N) is 1. The molecule has 0 fully saturated rings. The quantitative estimate of drug-likeness (QED) is 0.650. The molecule has 0 bridgehead atoms. The van der Waals surface area contributed by atoms with Crippen LogP contribution in [0.4, 0.5) is 0 Å². The Morgan fingerprint density at radius 3 is 2.50 bits per heavy atom. The van der Waals surface area contributed by atoms with Crippen molar-refractivity contribution in [2.24, 2.45) is 5.73 Å². The second-order valence-corrected chi connectivity index (χ2v) is 6.20. The van der Waals surface area contributed by atoms with Crippen LogP contribution in [-0.4, -0.2) is 44.5 Å². The Morgan fingerprint density at radius 1 is 1.30 bits per heavy atom. The molecule has 0 amide bonds. The van der Waals surface area contributed by atoms with E-state index in [4.69, 9.17) is 5.73 Å². The van der Waals surface area contributed by atoms with Crippen LogP contribution in [0.25, 0.3) is 0 Å².